The molecule has 0 heterocycles. The van der Waals surface area contributed by atoms with Crippen LogP contribution in [0.3, 0.4) is 0 Å². The van der Waals surface area contributed by atoms with Gasteiger partial charge in [-0.2, -0.15) is 0 Å². The molecule has 0 saturated heterocycles. The van der Waals surface area contributed by atoms with Gasteiger partial charge in [0.05, 0.1) is 7.11 Å². The molecule has 0 N–H and O–H groups in total. The van der Waals surface area contributed by atoms with Crippen molar-refractivity contribution in [2.24, 2.45) is 0 Å². The summed E-state index contributed by atoms with van der Waals surface area (Å²) < 4.78 is 23.3. The standard InChI is InChI=1S/C41H41NO5/c1-30(32-13-9-6-10-14-32)41(33-15-20-36(21-16-33)45-26-25-42(2)3)34-17-22-37(23-18-34)46-29-38(43)35-19-24-39(40(27-35)44-4)47-28-31-11-7-5-8-12-31/h5-24,27H,25-26,28-29H2,1-4H3/b41-30+. The van der Waals surface area contributed by atoms with Gasteiger partial charge in [0.15, 0.2) is 23.9 Å². The molecule has 0 atom stereocenters. The molecule has 6 nitrogen and oxygen atoms in total. The van der Waals surface area contributed by atoms with Crippen LogP contribution in [0.4, 0.5) is 0 Å². The van der Waals surface area contributed by atoms with Gasteiger partial charge in [-0.25, -0.2) is 0 Å². The maximum atomic E-state index is 13.1. The number of hydrogen-bond acceptors (Lipinski definition) is 6. The van der Waals surface area contributed by atoms with Crippen LogP contribution in [0.1, 0.15) is 39.5 Å². The van der Waals surface area contributed by atoms with Crippen molar-refractivity contribution in [1.29, 1.82) is 0 Å². The molecule has 0 aliphatic carbocycles. The Morgan fingerprint density at radius 3 is 1.79 bits per heavy atom. The van der Waals surface area contributed by atoms with Crippen molar-refractivity contribution in [3.8, 4) is 23.0 Å². The van der Waals surface area contributed by atoms with Crippen molar-refractivity contribution in [3.63, 3.8) is 0 Å². The van der Waals surface area contributed by atoms with Gasteiger partial charge in [0.1, 0.15) is 24.7 Å². The van der Waals surface area contributed by atoms with Crippen LogP contribution in [0.2, 0.25) is 0 Å². The number of hydrogen-bond donors (Lipinski definition) is 0. The minimum atomic E-state index is -0.157. The Balaban J connectivity index is 1.28. The van der Waals surface area contributed by atoms with Crippen LogP contribution in [-0.2, 0) is 6.61 Å². The molecule has 0 radical (unpaired) electrons. The van der Waals surface area contributed by atoms with E-state index in [9.17, 15) is 4.79 Å². The number of nitrogens with zero attached hydrogens (tertiary/aromatic N) is 1. The number of Topliss-reactive ketones (excluding diaryl/α,β-unsaturated/α-hetero) is 1. The molecule has 0 fully saturated rings. The predicted molar refractivity (Wildman–Crippen MR) is 189 cm³/mol. The van der Waals surface area contributed by atoms with Crippen LogP contribution in [0, 0.1) is 0 Å². The monoisotopic (exact) mass is 627 g/mol. The number of rotatable bonds is 15. The van der Waals surface area contributed by atoms with Gasteiger partial charge in [-0.05, 0) is 96.9 Å². The maximum Gasteiger partial charge on any atom is 0.200 e. The van der Waals surface area contributed by atoms with E-state index in [0.717, 1.165) is 45.7 Å². The zero-order valence-corrected chi connectivity index (χ0v) is 27.4. The predicted octanol–water partition coefficient (Wildman–Crippen LogP) is 8.46. The van der Waals surface area contributed by atoms with E-state index >= 15 is 0 Å². The third-order valence-electron chi connectivity index (χ3n) is 7.77. The number of likely N-dealkylation sites (N-methyl/N-ethyl adjacent to an activating group) is 1. The highest BCUT2D eigenvalue weighted by Gasteiger charge is 2.14. The Kier molecular flexibility index (Phi) is 11.5. The number of allylic oxidation sites excluding steroid dienone is 1. The fourth-order valence-corrected chi connectivity index (χ4v) is 5.14. The number of ether oxygens (including phenoxy) is 4. The molecule has 0 unspecified atom stereocenters. The molecule has 0 amide bonds. The first-order valence-electron chi connectivity index (χ1n) is 15.7. The summed E-state index contributed by atoms with van der Waals surface area (Å²) in [5.41, 5.74) is 7.07. The number of methoxy groups -OCH3 is 1. The summed E-state index contributed by atoms with van der Waals surface area (Å²) in [4.78, 5) is 15.2. The zero-order valence-electron chi connectivity index (χ0n) is 27.4. The highest BCUT2D eigenvalue weighted by atomic mass is 16.5. The van der Waals surface area contributed by atoms with Crippen molar-refractivity contribution in [3.05, 3.63) is 155 Å². The Morgan fingerprint density at radius 1 is 0.617 bits per heavy atom. The van der Waals surface area contributed by atoms with Gasteiger partial charge in [-0.15, -0.1) is 0 Å². The second kappa shape index (κ2) is 16.3. The summed E-state index contributed by atoms with van der Waals surface area (Å²) in [6.45, 7) is 3.92. The van der Waals surface area contributed by atoms with Crippen LogP contribution >= 0.6 is 0 Å². The molecule has 5 aromatic carbocycles. The average molecular weight is 628 g/mol. The molecule has 47 heavy (non-hydrogen) atoms. The molecule has 0 aliphatic heterocycles. The second-order valence-corrected chi connectivity index (χ2v) is 11.4. The Hall–Kier alpha value is -5.33. The number of carbonyl (C=O) groups is 1. The molecule has 0 aromatic heterocycles. The summed E-state index contributed by atoms with van der Waals surface area (Å²) in [6, 6.07) is 41.5. The molecular weight excluding hydrogens is 586 g/mol. The first kappa shape index (κ1) is 33.0. The lowest BCUT2D eigenvalue weighted by atomic mass is 9.90. The lowest BCUT2D eigenvalue weighted by Gasteiger charge is -2.16. The highest BCUT2D eigenvalue weighted by Crippen LogP contribution is 2.34. The second-order valence-electron chi connectivity index (χ2n) is 11.4. The van der Waals surface area contributed by atoms with Gasteiger partial charge >= 0.3 is 0 Å². The summed E-state index contributed by atoms with van der Waals surface area (Å²) in [5.74, 6) is 2.37. The van der Waals surface area contributed by atoms with Crippen LogP contribution in [0.5, 0.6) is 23.0 Å². The van der Waals surface area contributed by atoms with E-state index in [1.807, 2.05) is 99.0 Å². The van der Waals surface area contributed by atoms with Crippen LogP contribution < -0.4 is 18.9 Å². The van der Waals surface area contributed by atoms with Gasteiger partial charge in [0.25, 0.3) is 0 Å². The van der Waals surface area contributed by atoms with Crippen molar-refractivity contribution in [2.45, 2.75) is 13.5 Å². The maximum absolute atomic E-state index is 13.1. The van der Waals surface area contributed by atoms with E-state index in [0.29, 0.717) is 36.0 Å². The molecule has 6 heteroatoms. The van der Waals surface area contributed by atoms with Crippen molar-refractivity contribution < 1.29 is 23.7 Å². The quantitative estimate of drug-likeness (QED) is 0.0858. The van der Waals surface area contributed by atoms with Gasteiger partial charge in [-0.1, -0.05) is 84.9 Å². The van der Waals surface area contributed by atoms with Gasteiger partial charge in [0, 0.05) is 12.1 Å². The molecule has 240 valence electrons. The number of ketones is 1. The lowest BCUT2D eigenvalue weighted by molar-refractivity contribution is 0.0921. The van der Waals surface area contributed by atoms with E-state index in [1.54, 1.807) is 25.3 Å². The third kappa shape index (κ3) is 9.12. The molecule has 0 saturated carbocycles. The summed E-state index contributed by atoms with van der Waals surface area (Å²) in [7, 11) is 5.63. The minimum absolute atomic E-state index is 0.103. The van der Waals surface area contributed by atoms with Crippen LogP contribution in [0.15, 0.2) is 127 Å². The molecule has 0 aliphatic rings. The van der Waals surface area contributed by atoms with Crippen molar-refractivity contribution in [2.75, 3.05) is 41.0 Å². The fourth-order valence-electron chi connectivity index (χ4n) is 5.14. The summed E-state index contributed by atoms with van der Waals surface area (Å²) in [6.07, 6.45) is 0. The topological polar surface area (TPSA) is 57.2 Å². The van der Waals surface area contributed by atoms with Crippen LogP contribution in [0.25, 0.3) is 11.1 Å². The summed E-state index contributed by atoms with van der Waals surface area (Å²) >= 11 is 0. The zero-order chi connectivity index (χ0) is 33.0. The van der Waals surface area contributed by atoms with E-state index in [1.165, 1.54) is 0 Å². The molecule has 5 aromatic rings. The first-order valence-corrected chi connectivity index (χ1v) is 15.7. The molecular formula is C41H41NO5. The number of benzene rings is 5. The smallest absolute Gasteiger partial charge is 0.200 e. The third-order valence-corrected chi connectivity index (χ3v) is 7.77. The first-order chi connectivity index (χ1) is 22.9. The summed E-state index contributed by atoms with van der Waals surface area (Å²) in [5, 5.41) is 0. The Bertz CT molecular complexity index is 1760. The number of carbonyl (C=O) groups excluding carboxylic acids is 1. The van der Waals surface area contributed by atoms with E-state index in [4.69, 9.17) is 18.9 Å². The fraction of sp³-hybridized carbons (Fsp3) is 0.195. The lowest BCUT2D eigenvalue weighted by Crippen LogP contribution is -2.19. The molecule has 0 spiro atoms. The van der Waals surface area contributed by atoms with Gasteiger partial charge in [-0.3, -0.25) is 4.79 Å². The normalized spacial score (nSPS) is 11.5. The van der Waals surface area contributed by atoms with E-state index in [-0.39, 0.29) is 12.4 Å². The van der Waals surface area contributed by atoms with E-state index in [2.05, 4.69) is 36.1 Å². The van der Waals surface area contributed by atoms with Crippen LogP contribution in [-0.4, -0.2) is 51.6 Å². The SMILES string of the molecule is COc1cc(C(=O)COc2ccc(/C(=C(\C)c3ccccc3)c3ccc(OCCN(C)C)cc3)cc2)ccc1OCc1ccccc1. The Morgan fingerprint density at radius 2 is 1.19 bits per heavy atom. The van der Waals surface area contributed by atoms with E-state index < -0.39 is 0 Å². The van der Waals surface area contributed by atoms with Gasteiger partial charge < -0.3 is 23.8 Å². The van der Waals surface area contributed by atoms with Crippen molar-refractivity contribution in [1.82, 2.24) is 4.90 Å². The average Bonchev–Trinajstić information content (AvgIpc) is 3.11. The van der Waals surface area contributed by atoms with Gasteiger partial charge in [0.2, 0.25) is 0 Å². The largest absolute Gasteiger partial charge is 0.493 e. The minimum Gasteiger partial charge on any atom is -0.493 e. The molecule has 0 bridgehead atoms. The Labute approximate surface area is 277 Å². The van der Waals surface area contributed by atoms with Crippen molar-refractivity contribution >= 4 is 16.9 Å². The molecule has 5 rings (SSSR count). The highest BCUT2D eigenvalue weighted by molar-refractivity contribution is 5.98.